The first-order valence-electron chi connectivity index (χ1n) is 7.61. The molecule has 0 bridgehead atoms. The zero-order valence-corrected chi connectivity index (χ0v) is 16.2. The van der Waals surface area contributed by atoms with Crippen molar-refractivity contribution in [3.05, 3.63) is 41.2 Å². The summed E-state index contributed by atoms with van der Waals surface area (Å²) in [7, 11) is 1.57. The third kappa shape index (κ3) is 4.61. The van der Waals surface area contributed by atoms with E-state index < -0.39 is 18.0 Å². The number of nitrogen functional groups attached to an aromatic ring is 1. The van der Waals surface area contributed by atoms with Gasteiger partial charge in [0.15, 0.2) is 17.3 Å². The molecule has 148 valence electrons. The van der Waals surface area contributed by atoms with Gasteiger partial charge in [0, 0.05) is 12.6 Å². The van der Waals surface area contributed by atoms with Crippen LogP contribution in [-0.4, -0.2) is 36.0 Å². The quantitative estimate of drug-likeness (QED) is 0.605. The van der Waals surface area contributed by atoms with Crippen molar-refractivity contribution in [2.75, 3.05) is 11.1 Å². The van der Waals surface area contributed by atoms with Gasteiger partial charge in [-0.25, -0.2) is 28.8 Å². The highest BCUT2D eigenvalue weighted by Crippen LogP contribution is 2.26. The van der Waals surface area contributed by atoms with Gasteiger partial charge in [-0.15, -0.1) is 17.5 Å². The molecule has 3 aromatic rings. The minimum absolute atomic E-state index is 0. The molecule has 0 aliphatic carbocycles. The van der Waals surface area contributed by atoms with Gasteiger partial charge in [-0.3, -0.25) is 5.32 Å². The van der Waals surface area contributed by atoms with Crippen molar-refractivity contribution in [1.29, 1.82) is 0 Å². The van der Waals surface area contributed by atoms with E-state index in [-0.39, 0.29) is 40.5 Å². The Hall–Kier alpha value is -3.05. The van der Waals surface area contributed by atoms with E-state index in [4.69, 9.17) is 22.1 Å². The van der Waals surface area contributed by atoms with E-state index in [0.29, 0.717) is 5.69 Å². The molecule has 0 aliphatic heterocycles. The number of halogens is 3. The predicted octanol–water partition coefficient (Wildman–Crippen LogP) is 2.77. The van der Waals surface area contributed by atoms with Crippen LogP contribution in [0.15, 0.2) is 24.7 Å². The molecule has 0 saturated carbocycles. The Kier molecular flexibility index (Phi) is 6.65. The molecule has 0 unspecified atom stereocenters. The van der Waals surface area contributed by atoms with Crippen LogP contribution in [0, 0.1) is 5.82 Å². The number of aryl methyl sites for hydroxylation is 1. The summed E-state index contributed by atoms with van der Waals surface area (Å²) in [5.74, 6) is -0.165. The highest BCUT2D eigenvalue weighted by molar-refractivity contribution is 6.30. The lowest BCUT2D eigenvalue weighted by atomic mass is 10.2. The average molecular weight is 429 g/mol. The number of pyridine rings is 1. The Morgan fingerprint density at radius 2 is 2.00 bits per heavy atom. The molecule has 1 amide bonds. The first-order chi connectivity index (χ1) is 12.8. The number of hydrogen-bond acceptors (Lipinski definition) is 8. The van der Waals surface area contributed by atoms with Crippen molar-refractivity contribution < 1.29 is 13.9 Å². The van der Waals surface area contributed by atoms with E-state index in [1.807, 2.05) is 0 Å². The van der Waals surface area contributed by atoms with Crippen molar-refractivity contribution in [3.8, 4) is 11.5 Å². The molecule has 1 atom stereocenters. The Labute approximate surface area is 169 Å². The topological polar surface area (TPSA) is 134 Å². The van der Waals surface area contributed by atoms with E-state index >= 15 is 0 Å². The number of ether oxygens (including phenoxy) is 1. The van der Waals surface area contributed by atoms with Crippen molar-refractivity contribution in [2.45, 2.75) is 13.0 Å². The minimum atomic E-state index is -0.849. The molecule has 13 heteroatoms. The maximum absolute atomic E-state index is 13.4. The fourth-order valence-electron chi connectivity index (χ4n) is 2.18. The summed E-state index contributed by atoms with van der Waals surface area (Å²) in [5.41, 5.74) is 6.41. The molecular weight excluding hydrogens is 414 g/mol. The van der Waals surface area contributed by atoms with Crippen LogP contribution in [0.25, 0.3) is 11.5 Å². The van der Waals surface area contributed by atoms with Crippen LogP contribution in [0.5, 0.6) is 0 Å². The second-order valence-electron chi connectivity index (χ2n) is 5.46. The summed E-state index contributed by atoms with van der Waals surface area (Å²) in [5, 5.41) is 10.3. The van der Waals surface area contributed by atoms with Crippen molar-refractivity contribution in [2.24, 2.45) is 7.05 Å². The first kappa shape index (κ1) is 21.3. The number of nitrogens with one attached hydrogen (secondary N) is 1. The van der Waals surface area contributed by atoms with E-state index in [2.05, 4.69) is 30.6 Å². The number of aromatic nitrogens is 6. The lowest BCUT2D eigenvalue weighted by molar-refractivity contribution is 0.120. The van der Waals surface area contributed by atoms with E-state index in [0.717, 1.165) is 12.3 Å². The third-order valence-corrected chi connectivity index (χ3v) is 3.80. The zero-order chi connectivity index (χ0) is 19.6. The van der Waals surface area contributed by atoms with Gasteiger partial charge in [-0.1, -0.05) is 16.8 Å². The van der Waals surface area contributed by atoms with Crippen LogP contribution in [0.1, 0.15) is 18.6 Å². The SMILES string of the molecule is C[C@@H](OC(=O)Nc1c(-c2ncc(N)cn2)nnn1C)c1cc(F)cnc1Cl.Cl. The third-order valence-electron chi connectivity index (χ3n) is 3.49. The van der Waals surface area contributed by atoms with Gasteiger partial charge in [0.25, 0.3) is 0 Å². The summed E-state index contributed by atoms with van der Waals surface area (Å²) in [6.45, 7) is 1.54. The summed E-state index contributed by atoms with van der Waals surface area (Å²) < 4.78 is 19.9. The highest BCUT2D eigenvalue weighted by atomic mass is 35.5. The molecule has 3 N–H and O–H groups in total. The summed E-state index contributed by atoms with van der Waals surface area (Å²) in [4.78, 5) is 24.0. The number of carbonyl (C=O) groups excluding carboxylic acids is 1. The van der Waals surface area contributed by atoms with Gasteiger partial charge in [0.05, 0.1) is 24.3 Å². The smallest absolute Gasteiger partial charge is 0.413 e. The Morgan fingerprint density at radius 3 is 2.68 bits per heavy atom. The molecule has 0 fully saturated rings. The van der Waals surface area contributed by atoms with Gasteiger partial charge in [-0.2, -0.15) is 0 Å². The maximum atomic E-state index is 13.4. The average Bonchev–Trinajstić information content (AvgIpc) is 2.98. The normalized spacial score (nSPS) is 11.4. The Morgan fingerprint density at radius 1 is 1.32 bits per heavy atom. The lowest BCUT2D eigenvalue weighted by Crippen LogP contribution is -2.19. The fourth-order valence-corrected chi connectivity index (χ4v) is 2.44. The molecule has 3 aromatic heterocycles. The molecule has 0 saturated heterocycles. The summed E-state index contributed by atoms with van der Waals surface area (Å²) in [6.07, 6.45) is 2.10. The van der Waals surface area contributed by atoms with Crippen LogP contribution < -0.4 is 11.1 Å². The highest BCUT2D eigenvalue weighted by Gasteiger charge is 2.21. The summed E-state index contributed by atoms with van der Waals surface area (Å²) >= 11 is 5.92. The number of rotatable bonds is 4. The molecule has 3 heterocycles. The number of amides is 1. The lowest BCUT2D eigenvalue weighted by Gasteiger charge is -2.15. The van der Waals surface area contributed by atoms with E-state index in [1.54, 1.807) is 7.05 Å². The number of carbonyl (C=O) groups is 1. The van der Waals surface area contributed by atoms with Crippen LogP contribution in [0.2, 0.25) is 5.15 Å². The van der Waals surface area contributed by atoms with Crippen molar-refractivity contribution >= 4 is 41.6 Å². The molecule has 10 nitrogen and oxygen atoms in total. The van der Waals surface area contributed by atoms with Crippen LogP contribution >= 0.6 is 24.0 Å². The Bertz CT molecular complexity index is 983. The minimum Gasteiger partial charge on any atom is -0.441 e. The van der Waals surface area contributed by atoms with Gasteiger partial charge < -0.3 is 10.5 Å². The Balaban J connectivity index is 0.00000280. The van der Waals surface area contributed by atoms with Gasteiger partial charge in [-0.05, 0) is 13.0 Å². The standard InChI is InChI=1S/C15H14ClFN8O2.ClH/c1-7(10-3-8(17)4-19-12(10)16)27-15(26)22-14-11(23-24-25(14)2)13-20-5-9(18)6-21-13;/h3-7H,18H2,1-2H3,(H,22,26);1H/t7-;/m1./s1. The summed E-state index contributed by atoms with van der Waals surface area (Å²) in [6, 6.07) is 1.15. The molecule has 0 spiro atoms. The second-order valence-corrected chi connectivity index (χ2v) is 5.81. The van der Waals surface area contributed by atoms with Crippen LogP contribution in [0.4, 0.5) is 20.7 Å². The van der Waals surface area contributed by atoms with Crippen molar-refractivity contribution in [1.82, 2.24) is 29.9 Å². The molecule has 0 radical (unpaired) electrons. The van der Waals surface area contributed by atoms with Gasteiger partial charge >= 0.3 is 6.09 Å². The molecule has 0 aromatic carbocycles. The fraction of sp³-hybridized carbons (Fsp3) is 0.200. The molecule has 3 rings (SSSR count). The predicted molar refractivity (Wildman–Crippen MR) is 101 cm³/mol. The second kappa shape index (κ2) is 8.76. The van der Waals surface area contributed by atoms with Gasteiger partial charge in [0.2, 0.25) is 0 Å². The molecule has 0 aliphatic rings. The van der Waals surface area contributed by atoms with Crippen LogP contribution in [0.3, 0.4) is 0 Å². The monoisotopic (exact) mass is 428 g/mol. The number of anilines is 2. The van der Waals surface area contributed by atoms with Crippen LogP contribution in [-0.2, 0) is 11.8 Å². The van der Waals surface area contributed by atoms with Crippen molar-refractivity contribution in [3.63, 3.8) is 0 Å². The molecular formula is C15H15Cl2FN8O2. The number of nitrogens with two attached hydrogens (primary N) is 1. The van der Waals surface area contributed by atoms with Gasteiger partial charge in [0.1, 0.15) is 17.1 Å². The first-order valence-corrected chi connectivity index (χ1v) is 7.99. The number of nitrogens with zero attached hydrogens (tertiary/aromatic N) is 6. The van der Waals surface area contributed by atoms with E-state index in [1.165, 1.54) is 24.0 Å². The molecule has 28 heavy (non-hydrogen) atoms. The maximum Gasteiger partial charge on any atom is 0.413 e. The largest absolute Gasteiger partial charge is 0.441 e. The van der Waals surface area contributed by atoms with E-state index in [9.17, 15) is 9.18 Å². The zero-order valence-electron chi connectivity index (χ0n) is 14.6. The number of hydrogen-bond donors (Lipinski definition) is 2.